The number of amides is 3. The van der Waals surface area contributed by atoms with Gasteiger partial charge in [-0.1, -0.05) is 94.2 Å². The summed E-state index contributed by atoms with van der Waals surface area (Å²) in [7, 11) is 1.52. The third kappa shape index (κ3) is 6.57. The molecule has 3 amide bonds. The van der Waals surface area contributed by atoms with E-state index in [0.29, 0.717) is 24.9 Å². The Balaban J connectivity index is 1.46. The Kier molecular flexibility index (Phi) is 10.9. The van der Waals surface area contributed by atoms with E-state index in [1.165, 1.54) is 7.11 Å². The largest absolute Gasteiger partial charge is 0.455 e. The summed E-state index contributed by atoms with van der Waals surface area (Å²) in [6.07, 6.45) is 11.9. The second kappa shape index (κ2) is 15.1. The van der Waals surface area contributed by atoms with Gasteiger partial charge in [-0.15, -0.1) is 0 Å². The highest BCUT2D eigenvalue weighted by Crippen LogP contribution is 2.57. The van der Waals surface area contributed by atoms with E-state index < -0.39 is 53.7 Å². The number of aliphatic hydroxyl groups excluding tert-OH is 1. The minimum Gasteiger partial charge on any atom is -0.455 e. The molecule has 1 aromatic carbocycles. The summed E-state index contributed by atoms with van der Waals surface area (Å²) in [6.45, 7) is 4.04. The maximum atomic E-state index is 15.1. The van der Waals surface area contributed by atoms with Crippen molar-refractivity contribution in [2.75, 3.05) is 26.9 Å². The zero-order valence-corrected chi connectivity index (χ0v) is 28.9. The minimum absolute atomic E-state index is 0.0235. The Morgan fingerprint density at radius 1 is 1.06 bits per heavy atom. The fraction of sp³-hybridized carbons (Fsp3) is 0.632. The molecule has 0 radical (unpaired) electrons. The molecule has 0 unspecified atom stereocenters. The van der Waals surface area contributed by atoms with Crippen LogP contribution in [-0.4, -0.2) is 101 Å². The van der Waals surface area contributed by atoms with E-state index in [4.69, 9.17) is 14.2 Å². The lowest BCUT2D eigenvalue weighted by atomic mass is 9.74. The number of methoxy groups -OCH3 is 1. The quantitative estimate of drug-likeness (QED) is 0.316. The van der Waals surface area contributed by atoms with Gasteiger partial charge in [0, 0.05) is 26.1 Å². The first-order valence-corrected chi connectivity index (χ1v) is 18.0. The van der Waals surface area contributed by atoms with Gasteiger partial charge in [-0.05, 0) is 30.7 Å². The van der Waals surface area contributed by atoms with E-state index in [0.717, 1.165) is 32.1 Å². The third-order valence-corrected chi connectivity index (χ3v) is 11.4. The molecule has 6 rings (SSSR count). The first kappa shape index (κ1) is 35.3. The number of likely N-dealkylation sites (tertiary alicyclic amines) is 1. The lowest BCUT2D eigenvalue weighted by Crippen LogP contribution is -2.61. The zero-order valence-electron chi connectivity index (χ0n) is 28.9. The molecule has 11 heteroatoms. The van der Waals surface area contributed by atoms with Gasteiger partial charge >= 0.3 is 5.97 Å². The molecular weight excluding hydrogens is 626 g/mol. The lowest BCUT2D eigenvalue weighted by molar-refractivity contribution is -0.163. The van der Waals surface area contributed by atoms with Crippen LogP contribution >= 0.6 is 0 Å². The number of allylic oxidation sites excluding steroid dienone is 1. The highest BCUT2D eigenvalue weighted by atomic mass is 16.6. The van der Waals surface area contributed by atoms with E-state index in [1.54, 1.807) is 11.0 Å². The average molecular weight is 678 g/mol. The maximum absolute atomic E-state index is 15.1. The van der Waals surface area contributed by atoms with Gasteiger partial charge in [0.1, 0.15) is 23.7 Å². The van der Waals surface area contributed by atoms with Gasteiger partial charge in [0.05, 0.1) is 37.3 Å². The van der Waals surface area contributed by atoms with Crippen LogP contribution in [0.25, 0.3) is 0 Å². The second-order valence-electron chi connectivity index (χ2n) is 14.3. The Morgan fingerprint density at radius 2 is 1.82 bits per heavy atom. The van der Waals surface area contributed by atoms with E-state index in [1.807, 2.05) is 67.3 Å². The SMILES string of the molecule is CC[C@H](C)[C@H](CO)N1C(=O)[C@H]2[C@@H]3C(=O)O[C@H](c4ccccc4)[C@@H](COC)NC(=O)CC/C=C\CN(C4CCCCC4)C(=O)[C@H]1[C@@]21C=C[C@@H]3O1. The molecule has 5 aliphatic rings. The number of hydrogen-bond donors (Lipinski definition) is 2. The Labute approximate surface area is 289 Å². The number of esters is 1. The van der Waals surface area contributed by atoms with Crippen molar-refractivity contribution in [1.82, 2.24) is 15.1 Å². The van der Waals surface area contributed by atoms with Crippen molar-refractivity contribution >= 4 is 23.7 Å². The highest BCUT2D eigenvalue weighted by molar-refractivity contribution is 5.99. The van der Waals surface area contributed by atoms with Crippen molar-refractivity contribution in [3.05, 3.63) is 60.2 Å². The summed E-state index contributed by atoms with van der Waals surface area (Å²) in [6, 6.07) is 6.73. The summed E-state index contributed by atoms with van der Waals surface area (Å²) < 4.78 is 18.5. The highest BCUT2D eigenvalue weighted by Gasteiger charge is 2.74. The van der Waals surface area contributed by atoms with Crippen LogP contribution in [0, 0.1) is 17.8 Å². The molecular formula is C38H51N3O8. The number of aliphatic hydroxyl groups is 1. The van der Waals surface area contributed by atoms with Crippen LogP contribution in [-0.2, 0) is 33.4 Å². The molecule has 5 bridgehead atoms. The molecule has 11 nitrogen and oxygen atoms in total. The van der Waals surface area contributed by atoms with Gasteiger partial charge < -0.3 is 34.4 Å². The fourth-order valence-electron chi connectivity index (χ4n) is 8.71. The number of hydrogen-bond acceptors (Lipinski definition) is 8. The summed E-state index contributed by atoms with van der Waals surface area (Å²) in [4.78, 5) is 61.0. The van der Waals surface area contributed by atoms with E-state index in [-0.39, 0.29) is 49.3 Å². The normalized spacial score (nSPS) is 34.4. The van der Waals surface area contributed by atoms with Crippen molar-refractivity contribution in [1.29, 1.82) is 0 Å². The predicted octanol–water partition coefficient (Wildman–Crippen LogP) is 3.47. The Morgan fingerprint density at radius 3 is 2.51 bits per heavy atom. The average Bonchev–Trinajstić information content (AvgIpc) is 3.76. The molecule has 4 heterocycles. The van der Waals surface area contributed by atoms with Crippen LogP contribution < -0.4 is 5.32 Å². The molecule has 2 saturated heterocycles. The lowest BCUT2D eigenvalue weighted by Gasteiger charge is -2.43. The number of benzene rings is 1. The van der Waals surface area contributed by atoms with Gasteiger partial charge in [-0.25, -0.2) is 0 Å². The molecule has 1 aromatic rings. The molecule has 2 N–H and O–H groups in total. The number of rotatable bonds is 8. The standard InChI is InChI=1S/C38H51N3O8/c1-4-24(2)28(22-42)41-34-36(45)40(26-16-10-6-11-17-26)21-13-7-12-18-30(43)39-27(23-47-3)33(25-14-8-5-9-15-25)48-37(46)31-29-19-20-38(34,49-29)32(31)35(41)44/h5,7-9,13-15,19-20,24,26-29,31-34,42H,4,6,10-12,16-18,21-23H2,1-3H3,(H,39,43)/b13-7-/t24-,27+,28-,29-,31+,32+,33+,34-,38+/m0/s1. The maximum Gasteiger partial charge on any atom is 0.313 e. The first-order valence-electron chi connectivity index (χ1n) is 18.0. The van der Waals surface area contributed by atoms with Gasteiger partial charge in [-0.3, -0.25) is 19.2 Å². The Bertz CT molecular complexity index is 1430. The molecule has 1 aliphatic carbocycles. The van der Waals surface area contributed by atoms with Gasteiger partial charge in [0.25, 0.3) is 0 Å². The van der Waals surface area contributed by atoms with Crippen LogP contribution in [0.3, 0.4) is 0 Å². The second-order valence-corrected chi connectivity index (χ2v) is 14.3. The van der Waals surface area contributed by atoms with Crippen molar-refractivity contribution in [3.63, 3.8) is 0 Å². The molecule has 266 valence electrons. The first-order chi connectivity index (χ1) is 23.7. The zero-order chi connectivity index (χ0) is 34.7. The molecule has 1 spiro atoms. The third-order valence-electron chi connectivity index (χ3n) is 11.4. The van der Waals surface area contributed by atoms with Crippen molar-refractivity contribution in [2.45, 2.75) is 107 Å². The number of carbonyl (C=O) groups is 4. The fourth-order valence-corrected chi connectivity index (χ4v) is 8.71. The van der Waals surface area contributed by atoms with Crippen LogP contribution in [0.2, 0.25) is 0 Å². The number of cyclic esters (lactones) is 1. The van der Waals surface area contributed by atoms with Crippen molar-refractivity contribution in [3.8, 4) is 0 Å². The van der Waals surface area contributed by atoms with E-state index in [2.05, 4.69) is 5.32 Å². The van der Waals surface area contributed by atoms with E-state index in [9.17, 15) is 19.5 Å². The molecule has 49 heavy (non-hydrogen) atoms. The summed E-state index contributed by atoms with van der Waals surface area (Å²) in [5.74, 6) is -3.66. The molecule has 9 atom stereocenters. The smallest absolute Gasteiger partial charge is 0.313 e. The van der Waals surface area contributed by atoms with Gasteiger partial charge in [0.2, 0.25) is 17.7 Å². The summed E-state index contributed by atoms with van der Waals surface area (Å²) in [5, 5.41) is 13.8. The van der Waals surface area contributed by atoms with Crippen LogP contribution in [0.5, 0.6) is 0 Å². The predicted molar refractivity (Wildman–Crippen MR) is 181 cm³/mol. The topological polar surface area (TPSA) is 135 Å². The number of ether oxygens (including phenoxy) is 3. The molecule has 1 saturated carbocycles. The molecule has 3 fully saturated rings. The number of carbonyl (C=O) groups excluding carboxylic acids is 4. The molecule has 4 aliphatic heterocycles. The monoisotopic (exact) mass is 677 g/mol. The van der Waals surface area contributed by atoms with Crippen LogP contribution in [0.15, 0.2) is 54.6 Å². The molecule has 0 aromatic heterocycles. The number of nitrogens with zero attached hydrogens (tertiary/aromatic N) is 2. The summed E-state index contributed by atoms with van der Waals surface area (Å²) in [5.41, 5.74) is -0.728. The van der Waals surface area contributed by atoms with Crippen LogP contribution in [0.4, 0.5) is 0 Å². The van der Waals surface area contributed by atoms with E-state index >= 15 is 4.79 Å². The van der Waals surface area contributed by atoms with Gasteiger partial charge in [0.15, 0.2) is 0 Å². The van der Waals surface area contributed by atoms with Crippen LogP contribution in [0.1, 0.15) is 76.9 Å². The number of fused-ring (bicyclic) bond motifs is 2. The minimum atomic E-state index is -1.39. The van der Waals surface area contributed by atoms with Crippen molar-refractivity contribution in [2.24, 2.45) is 17.8 Å². The number of nitrogens with one attached hydrogen (secondary N) is 1. The van der Waals surface area contributed by atoms with Gasteiger partial charge in [-0.2, -0.15) is 0 Å². The van der Waals surface area contributed by atoms with Crippen molar-refractivity contribution < 1.29 is 38.5 Å². The summed E-state index contributed by atoms with van der Waals surface area (Å²) >= 11 is 0. The Hall–Kier alpha value is -3.54.